The normalized spacial score (nSPS) is 15.7. The molecule has 12 nitrogen and oxygen atoms in total. The first-order valence-electron chi connectivity index (χ1n) is 10.7. The van der Waals surface area contributed by atoms with Gasteiger partial charge in [0.15, 0.2) is 17.3 Å². The van der Waals surface area contributed by atoms with Gasteiger partial charge in [-0.2, -0.15) is 4.98 Å². The Labute approximate surface area is 194 Å². The number of ether oxygens (including phenoxy) is 1. The van der Waals surface area contributed by atoms with Crippen LogP contribution in [0.1, 0.15) is 23.2 Å². The molecule has 5 rings (SSSR count). The van der Waals surface area contributed by atoms with Gasteiger partial charge < -0.3 is 35.5 Å². The van der Waals surface area contributed by atoms with Crippen LogP contribution in [0.25, 0.3) is 11.2 Å². The van der Waals surface area contributed by atoms with Gasteiger partial charge in [0.05, 0.1) is 37.2 Å². The van der Waals surface area contributed by atoms with E-state index in [1.165, 1.54) is 13.2 Å². The molecule has 1 saturated heterocycles. The van der Waals surface area contributed by atoms with E-state index in [0.717, 1.165) is 24.9 Å². The Hall–Kier alpha value is -4.32. The molecule has 0 spiro atoms. The number of hydrogen-bond donors (Lipinski definition) is 4. The van der Waals surface area contributed by atoms with Crippen molar-refractivity contribution in [2.45, 2.75) is 18.9 Å². The van der Waals surface area contributed by atoms with Gasteiger partial charge in [-0.05, 0) is 31.0 Å². The number of aliphatic hydroxyl groups is 1. The molecular weight excluding hydrogens is 440 g/mol. The SMILES string of the molecule is COc1cc(-n2cnc(Nc3nc(N4CCC[C@H]4CO)nn4cccc34)c2)cc(C(N)=O)c1O. The van der Waals surface area contributed by atoms with Crippen LogP contribution >= 0.6 is 0 Å². The van der Waals surface area contributed by atoms with Crippen LogP contribution in [-0.4, -0.2) is 66.6 Å². The van der Waals surface area contributed by atoms with E-state index in [0.29, 0.717) is 23.3 Å². The van der Waals surface area contributed by atoms with Crippen molar-refractivity contribution in [1.29, 1.82) is 0 Å². The van der Waals surface area contributed by atoms with Gasteiger partial charge in [-0.15, -0.1) is 5.10 Å². The van der Waals surface area contributed by atoms with Crippen LogP contribution in [0.5, 0.6) is 11.5 Å². The number of anilines is 3. The first-order valence-corrected chi connectivity index (χ1v) is 10.7. The minimum absolute atomic E-state index is 0.0102. The molecule has 0 aliphatic carbocycles. The van der Waals surface area contributed by atoms with E-state index in [4.69, 9.17) is 15.5 Å². The second-order valence-corrected chi connectivity index (χ2v) is 7.97. The maximum absolute atomic E-state index is 11.7. The number of nitrogens with zero attached hydrogens (tertiary/aromatic N) is 6. The number of carbonyl (C=O) groups excluding carboxylic acids is 1. The van der Waals surface area contributed by atoms with Gasteiger partial charge in [0.2, 0.25) is 5.95 Å². The Morgan fingerprint density at radius 2 is 2.24 bits per heavy atom. The summed E-state index contributed by atoms with van der Waals surface area (Å²) in [5.41, 5.74) is 6.63. The van der Waals surface area contributed by atoms with Gasteiger partial charge in [-0.1, -0.05) is 0 Å². The molecule has 4 heterocycles. The minimum Gasteiger partial charge on any atom is -0.504 e. The molecule has 1 amide bonds. The lowest BCUT2D eigenvalue weighted by atomic mass is 10.1. The molecule has 1 fully saturated rings. The third kappa shape index (κ3) is 3.73. The number of aliphatic hydroxyl groups excluding tert-OH is 1. The van der Waals surface area contributed by atoms with E-state index < -0.39 is 5.91 Å². The van der Waals surface area contributed by atoms with E-state index in [2.05, 4.69) is 15.4 Å². The molecule has 1 aromatic carbocycles. The highest BCUT2D eigenvalue weighted by molar-refractivity contribution is 5.97. The fourth-order valence-corrected chi connectivity index (χ4v) is 4.16. The second kappa shape index (κ2) is 8.56. The number of methoxy groups -OCH3 is 1. The standard InChI is InChI=1S/C22H24N8O4/c1-34-17-9-14(8-15(19(17)32)20(23)33)28-10-18(24-12-28)25-21-16-5-3-7-30(16)27-22(26-21)29-6-2-4-13(29)11-31/h3,5,7-10,12-13,31-32H,2,4,6,11H2,1H3,(H2,23,33)(H,25,26,27)/t13-/m0/s1. The van der Waals surface area contributed by atoms with E-state index >= 15 is 0 Å². The Morgan fingerprint density at radius 1 is 1.38 bits per heavy atom. The number of nitrogens with two attached hydrogens (primary N) is 1. The zero-order valence-corrected chi connectivity index (χ0v) is 18.4. The molecule has 34 heavy (non-hydrogen) atoms. The zero-order chi connectivity index (χ0) is 23.8. The van der Waals surface area contributed by atoms with E-state index in [1.54, 1.807) is 27.7 Å². The van der Waals surface area contributed by atoms with Crippen LogP contribution in [0.2, 0.25) is 0 Å². The summed E-state index contributed by atoms with van der Waals surface area (Å²) < 4.78 is 8.57. The first kappa shape index (κ1) is 21.5. The lowest BCUT2D eigenvalue weighted by Gasteiger charge is -2.23. The molecule has 12 heteroatoms. The number of benzene rings is 1. The van der Waals surface area contributed by atoms with Crippen molar-refractivity contribution in [3.8, 4) is 17.2 Å². The topological polar surface area (TPSA) is 156 Å². The molecule has 1 aliphatic rings. The smallest absolute Gasteiger partial charge is 0.252 e. The third-order valence-electron chi connectivity index (χ3n) is 5.90. The summed E-state index contributed by atoms with van der Waals surface area (Å²) in [5.74, 6) is 0.615. The maximum Gasteiger partial charge on any atom is 0.252 e. The van der Waals surface area contributed by atoms with Gasteiger partial charge in [-0.3, -0.25) is 4.79 Å². The lowest BCUT2D eigenvalue weighted by molar-refractivity contribution is 0.0997. The molecule has 0 radical (unpaired) electrons. The van der Waals surface area contributed by atoms with Crippen LogP contribution in [0.15, 0.2) is 43.0 Å². The van der Waals surface area contributed by atoms with Crippen LogP contribution < -0.4 is 20.7 Å². The summed E-state index contributed by atoms with van der Waals surface area (Å²) >= 11 is 0. The van der Waals surface area contributed by atoms with Gasteiger partial charge in [0.1, 0.15) is 17.7 Å². The molecular formula is C22H24N8O4. The maximum atomic E-state index is 11.7. The van der Waals surface area contributed by atoms with Crippen LogP contribution in [0.3, 0.4) is 0 Å². The predicted octanol–water partition coefficient (Wildman–Crippen LogP) is 1.43. The van der Waals surface area contributed by atoms with Gasteiger partial charge in [0.25, 0.3) is 5.91 Å². The highest BCUT2D eigenvalue weighted by atomic mass is 16.5. The monoisotopic (exact) mass is 464 g/mol. The average molecular weight is 464 g/mol. The summed E-state index contributed by atoms with van der Waals surface area (Å²) in [7, 11) is 1.39. The van der Waals surface area contributed by atoms with Crippen molar-refractivity contribution in [1.82, 2.24) is 24.1 Å². The number of phenols is 1. The molecule has 3 aromatic heterocycles. The van der Waals surface area contributed by atoms with Crippen LogP contribution in [-0.2, 0) is 0 Å². The van der Waals surface area contributed by atoms with Crippen molar-refractivity contribution >= 4 is 29.0 Å². The van der Waals surface area contributed by atoms with E-state index in [9.17, 15) is 15.0 Å². The molecule has 176 valence electrons. The molecule has 5 N–H and O–H groups in total. The zero-order valence-electron chi connectivity index (χ0n) is 18.4. The molecule has 0 saturated carbocycles. The van der Waals surface area contributed by atoms with Crippen molar-refractivity contribution in [2.75, 3.05) is 30.5 Å². The fourth-order valence-electron chi connectivity index (χ4n) is 4.16. The Morgan fingerprint density at radius 3 is 3.00 bits per heavy atom. The van der Waals surface area contributed by atoms with Gasteiger partial charge in [-0.25, -0.2) is 9.50 Å². The number of aromatic nitrogens is 5. The van der Waals surface area contributed by atoms with Crippen molar-refractivity contribution < 1.29 is 19.7 Å². The summed E-state index contributed by atoms with van der Waals surface area (Å²) in [4.78, 5) is 22.9. The predicted molar refractivity (Wildman–Crippen MR) is 124 cm³/mol. The highest BCUT2D eigenvalue weighted by Crippen LogP contribution is 2.33. The first-order chi connectivity index (χ1) is 16.5. The number of nitrogens with one attached hydrogen (secondary N) is 1. The number of fused-ring (bicyclic) bond motifs is 1. The Bertz CT molecular complexity index is 1360. The summed E-state index contributed by atoms with van der Waals surface area (Å²) in [6.45, 7) is 0.820. The van der Waals surface area contributed by atoms with Crippen molar-refractivity contribution in [2.24, 2.45) is 5.73 Å². The quantitative estimate of drug-likeness (QED) is 0.318. The number of rotatable bonds is 7. The average Bonchev–Trinajstić information content (AvgIpc) is 3.59. The van der Waals surface area contributed by atoms with Crippen LogP contribution in [0, 0.1) is 0 Å². The Balaban J connectivity index is 1.49. The number of imidazole rings is 1. The second-order valence-electron chi connectivity index (χ2n) is 7.97. The number of primary amides is 1. The summed E-state index contributed by atoms with van der Waals surface area (Å²) in [6.07, 6.45) is 6.96. The largest absolute Gasteiger partial charge is 0.504 e. The van der Waals surface area contributed by atoms with Crippen LogP contribution in [0.4, 0.5) is 17.6 Å². The third-order valence-corrected chi connectivity index (χ3v) is 5.90. The molecule has 1 aliphatic heterocycles. The van der Waals surface area contributed by atoms with Crippen molar-refractivity contribution in [3.05, 3.63) is 48.5 Å². The number of carbonyl (C=O) groups is 1. The summed E-state index contributed by atoms with van der Waals surface area (Å²) in [6, 6.07) is 6.79. The fraction of sp³-hybridized carbons (Fsp3) is 0.273. The molecule has 1 atom stereocenters. The van der Waals surface area contributed by atoms with Crippen molar-refractivity contribution in [3.63, 3.8) is 0 Å². The molecule has 0 bridgehead atoms. The highest BCUT2D eigenvalue weighted by Gasteiger charge is 2.27. The van der Waals surface area contributed by atoms with Gasteiger partial charge in [0, 0.05) is 18.8 Å². The van der Waals surface area contributed by atoms with E-state index in [1.807, 2.05) is 23.2 Å². The van der Waals surface area contributed by atoms with E-state index in [-0.39, 0.29) is 29.7 Å². The minimum atomic E-state index is -0.775. The number of amides is 1. The number of aromatic hydroxyl groups is 1. The molecule has 0 unspecified atom stereocenters. The Kier molecular flexibility index (Phi) is 5.42. The number of hydrogen-bond acceptors (Lipinski definition) is 9. The lowest BCUT2D eigenvalue weighted by Crippen LogP contribution is -2.34. The molecule has 4 aromatic rings. The van der Waals surface area contributed by atoms with Gasteiger partial charge >= 0.3 is 0 Å². The summed E-state index contributed by atoms with van der Waals surface area (Å²) in [5, 5.41) is 27.7.